The minimum atomic E-state index is 0.773. The molecule has 0 unspecified atom stereocenters. The molecule has 4 nitrogen and oxygen atoms in total. The highest BCUT2D eigenvalue weighted by Crippen LogP contribution is 2.25. The SMILES string of the molecule is CCNc1cc(N(C)Cc2ccc(Cl)s2)nc(SC)n1. The first-order valence-corrected chi connectivity index (χ1v) is 8.66. The van der Waals surface area contributed by atoms with Gasteiger partial charge >= 0.3 is 0 Å². The smallest absolute Gasteiger partial charge is 0.191 e. The Kier molecular flexibility index (Phi) is 5.51. The molecule has 7 heteroatoms. The summed E-state index contributed by atoms with van der Waals surface area (Å²) in [6, 6.07) is 5.94. The minimum Gasteiger partial charge on any atom is -0.370 e. The zero-order chi connectivity index (χ0) is 14.5. The molecule has 0 bridgehead atoms. The molecule has 1 N–H and O–H groups in total. The fourth-order valence-corrected chi connectivity index (χ4v) is 3.24. The maximum absolute atomic E-state index is 5.97. The van der Waals surface area contributed by atoms with Gasteiger partial charge in [0.1, 0.15) is 11.6 Å². The van der Waals surface area contributed by atoms with Crippen molar-refractivity contribution in [3.05, 3.63) is 27.4 Å². The Hall–Kier alpha value is -0.980. The third-order valence-corrected chi connectivity index (χ3v) is 4.41. The number of nitrogens with zero attached hydrogens (tertiary/aromatic N) is 3. The molecule has 108 valence electrons. The van der Waals surface area contributed by atoms with E-state index in [-0.39, 0.29) is 0 Å². The number of nitrogens with one attached hydrogen (secondary N) is 1. The number of anilines is 2. The number of hydrogen-bond acceptors (Lipinski definition) is 6. The molecule has 2 rings (SSSR count). The second-order valence-electron chi connectivity index (χ2n) is 4.19. The average Bonchev–Trinajstić information content (AvgIpc) is 2.84. The van der Waals surface area contributed by atoms with Gasteiger partial charge < -0.3 is 10.2 Å². The molecule has 2 aromatic rings. The second-order valence-corrected chi connectivity index (χ2v) is 6.76. The van der Waals surface area contributed by atoms with Crippen molar-refractivity contribution in [2.75, 3.05) is 30.1 Å². The lowest BCUT2D eigenvalue weighted by Gasteiger charge is -2.18. The van der Waals surface area contributed by atoms with E-state index in [9.17, 15) is 0 Å². The predicted octanol–water partition coefficient (Wildman–Crippen LogP) is 3.98. The molecule has 0 fully saturated rings. The lowest BCUT2D eigenvalue weighted by atomic mass is 10.4. The van der Waals surface area contributed by atoms with Crippen LogP contribution >= 0.6 is 34.7 Å². The van der Waals surface area contributed by atoms with E-state index in [2.05, 4.69) is 27.1 Å². The number of thioether (sulfide) groups is 1. The van der Waals surface area contributed by atoms with Gasteiger partial charge in [0.05, 0.1) is 10.9 Å². The fraction of sp³-hybridized carbons (Fsp3) is 0.385. The van der Waals surface area contributed by atoms with Gasteiger partial charge in [-0.05, 0) is 25.3 Å². The van der Waals surface area contributed by atoms with Crippen molar-refractivity contribution >= 4 is 46.3 Å². The first-order chi connectivity index (χ1) is 9.62. The Morgan fingerprint density at radius 2 is 2.20 bits per heavy atom. The van der Waals surface area contributed by atoms with Gasteiger partial charge in [-0.3, -0.25) is 0 Å². The highest BCUT2D eigenvalue weighted by Gasteiger charge is 2.09. The summed E-state index contributed by atoms with van der Waals surface area (Å²) in [5.41, 5.74) is 0. The van der Waals surface area contributed by atoms with Crippen LogP contribution < -0.4 is 10.2 Å². The third-order valence-electron chi connectivity index (χ3n) is 2.65. The summed E-state index contributed by atoms with van der Waals surface area (Å²) in [6.45, 7) is 3.68. The topological polar surface area (TPSA) is 41.0 Å². The first-order valence-electron chi connectivity index (χ1n) is 6.24. The molecule has 0 amide bonds. The van der Waals surface area contributed by atoms with E-state index in [1.165, 1.54) is 4.88 Å². The number of hydrogen-bond donors (Lipinski definition) is 1. The molecule has 0 aliphatic heterocycles. The van der Waals surface area contributed by atoms with Crippen LogP contribution in [0.2, 0.25) is 4.34 Å². The van der Waals surface area contributed by atoms with E-state index in [0.29, 0.717) is 0 Å². The lowest BCUT2D eigenvalue weighted by molar-refractivity contribution is 0.865. The average molecular weight is 329 g/mol. The number of halogens is 1. The van der Waals surface area contributed by atoms with Crippen LogP contribution in [0.15, 0.2) is 23.4 Å². The predicted molar refractivity (Wildman–Crippen MR) is 89.4 cm³/mol. The van der Waals surface area contributed by atoms with E-state index in [4.69, 9.17) is 11.6 Å². The van der Waals surface area contributed by atoms with Gasteiger partial charge in [-0.15, -0.1) is 11.3 Å². The van der Waals surface area contributed by atoms with Gasteiger partial charge in [0.2, 0.25) is 0 Å². The van der Waals surface area contributed by atoms with Crippen molar-refractivity contribution in [3.8, 4) is 0 Å². The maximum Gasteiger partial charge on any atom is 0.191 e. The first kappa shape index (κ1) is 15.4. The molecule has 0 saturated carbocycles. The van der Waals surface area contributed by atoms with Gasteiger partial charge in [-0.25, -0.2) is 9.97 Å². The van der Waals surface area contributed by atoms with Crippen LogP contribution in [0.4, 0.5) is 11.6 Å². The van der Waals surface area contributed by atoms with Crippen LogP contribution in [0.3, 0.4) is 0 Å². The van der Waals surface area contributed by atoms with Gasteiger partial charge in [-0.1, -0.05) is 23.4 Å². The van der Waals surface area contributed by atoms with Gasteiger partial charge in [0, 0.05) is 24.5 Å². The minimum absolute atomic E-state index is 0.773. The Balaban J connectivity index is 2.19. The molecule has 20 heavy (non-hydrogen) atoms. The van der Waals surface area contributed by atoms with Crippen LogP contribution in [0, 0.1) is 0 Å². The molecule has 0 spiro atoms. The van der Waals surface area contributed by atoms with Crippen molar-refractivity contribution in [1.29, 1.82) is 0 Å². The molecule has 0 saturated heterocycles. The monoisotopic (exact) mass is 328 g/mol. The van der Waals surface area contributed by atoms with Crippen molar-refractivity contribution in [1.82, 2.24) is 9.97 Å². The van der Waals surface area contributed by atoms with Crippen LogP contribution in [-0.4, -0.2) is 29.8 Å². The Morgan fingerprint density at radius 1 is 1.40 bits per heavy atom. The zero-order valence-corrected chi connectivity index (χ0v) is 14.1. The summed E-state index contributed by atoms with van der Waals surface area (Å²) >= 11 is 9.10. The summed E-state index contributed by atoms with van der Waals surface area (Å²) in [7, 11) is 2.02. The Bertz CT molecular complexity index is 573. The van der Waals surface area contributed by atoms with E-state index in [1.54, 1.807) is 23.1 Å². The molecule has 0 atom stereocenters. The summed E-state index contributed by atoms with van der Waals surface area (Å²) < 4.78 is 0.814. The normalized spacial score (nSPS) is 10.6. The van der Waals surface area contributed by atoms with Crippen LogP contribution in [0.5, 0.6) is 0 Å². The molecule has 2 heterocycles. The Labute approximate surface area is 132 Å². The molecule has 0 radical (unpaired) electrons. The fourth-order valence-electron chi connectivity index (χ4n) is 1.72. The molecule has 2 aromatic heterocycles. The molecular weight excluding hydrogens is 312 g/mol. The highest BCUT2D eigenvalue weighted by molar-refractivity contribution is 7.98. The number of rotatable bonds is 6. The summed E-state index contributed by atoms with van der Waals surface area (Å²) in [6.07, 6.45) is 1.98. The molecular formula is C13H17ClN4S2. The van der Waals surface area contributed by atoms with Crippen molar-refractivity contribution < 1.29 is 0 Å². The quantitative estimate of drug-likeness (QED) is 0.641. The van der Waals surface area contributed by atoms with E-state index < -0.39 is 0 Å². The lowest BCUT2D eigenvalue weighted by Crippen LogP contribution is -2.18. The highest BCUT2D eigenvalue weighted by atomic mass is 35.5. The van der Waals surface area contributed by atoms with Crippen molar-refractivity contribution in [2.45, 2.75) is 18.6 Å². The van der Waals surface area contributed by atoms with E-state index in [1.807, 2.05) is 31.5 Å². The van der Waals surface area contributed by atoms with Gasteiger partial charge in [0.15, 0.2) is 5.16 Å². The third kappa shape index (κ3) is 4.01. The maximum atomic E-state index is 5.97. The summed E-state index contributed by atoms with van der Waals surface area (Å²) in [5, 5.41) is 4.01. The molecule has 0 aliphatic rings. The Morgan fingerprint density at radius 3 is 2.80 bits per heavy atom. The second kappa shape index (κ2) is 7.15. The van der Waals surface area contributed by atoms with Gasteiger partial charge in [-0.2, -0.15) is 0 Å². The van der Waals surface area contributed by atoms with Crippen molar-refractivity contribution in [3.63, 3.8) is 0 Å². The number of aromatic nitrogens is 2. The van der Waals surface area contributed by atoms with Crippen LogP contribution in [-0.2, 0) is 6.54 Å². The van der Waals surface area contributed by atoms with Crippen LogP contribution in [0.25, 0.3) is 0 Å². The standard InChI is InChI=1S/C13H17ClN4S2/c1-4-15-11-7-12(17-13(16-11)19-3)18(2)8-9-5-6-10(14)20-9/h5-7H,4,8H2,1-3H3,(H,15,16,17). The molecule has 0 aliphatic carbocycles. The van der Waals surface area contributed by atoms with Crippen molar-refractivity contribution in [2.24, 2.45) is 0 Å². The largest absolute Gasteiger partial charge is 0.370 e. The summed E-state index contributed by atoms with van der Waals surface area (Å²) in [5.74, 6) is 1.77. The van der Waals surface area contributed by atoms with Gasteiger partial charge in [0.25, 0.3) is 0 Å². The number of thiophene rings is 1. The van der Waals surface area contributed by atoms with E-state index >= 15 is 0 Å². The van der Waals surface area contributed by atoms with Crippen LogP contribution in [0.1, 0.15) is 11.8 Å². The summed E-state index contributed by atoms with van der Waals surface area (Å²) in [4.78, 5) is 12.3. The zero-order valence-electron chi connectivity index (χ0n) is 11.7. The van der Waals surface area contributed by atoms with E-state index in [0.717, 1.165) is 34.2 Å². The molecule has 0 aromatic carbocycles.